The van der Waals surface area contributed by atoms with Crippen molar-refractivity contribution < 1.29 is 64.0 Å². The van der Waals surface area contributed by atoms with Gasteiger partial charge in [0.15, 0.2) is 6.29 Å². The molecule has 13 nitrogen and oxygen atoms in total. The largest absolute Gasteiger partial charge is 0.481 e. The van der Waals surface area contributed by atoms with Gasteiger partial charge in [0.1, 0.15) is 31.0 Å². The molecule has 1 saturated heterocycles. The minimum Gasteiger partial charge on any atom is -0.481 e. The third-order valence-corrected chi connectivity index (χ3v) is 7.15. The van der Waals surface area contributed by atoms with Crippen LogP contribution in [0.1, 0.15) is 58.3 Å². The van der Waals surface area contributed by atoms with E-state index in [1.807, 2.05) is 19.1 Å². The number of carboxylic acids is 1. The van der Waals surface area contributed by atoms with Gasteiger partial charge in [0.2, 0.25) is 0 Å². The maximum absolute atomic E-state index is 12.2. The van der Waals surface area contributed by atoms with Gasteiger partial charge in [-0.3, -0.25) is 9.59 Å². The van der Waals surface area contributed by atoms with Gasteiger partial charge in [-0.2, -0.15) is 0 Å². The number of rotatable bonds is 7. The lowest BCUT2D eigenvalue weighted by Gasteiger charge is -2.40. The van der Waals surface area contributed by atoms with Gasteiger partial charge in [0.25, 0.3) is 0 Å². The van der Waals surface area contributed by atoms with Crippen LogP contribution in [-0.2, 0) is 33.3 Å². The SMILES string of the molecule is C[C@@H]1CCC/C=C/C=C/[C@H](O)C[C@@H](O)C/C=C\C=C\[C@@H](O[C@@H]2O[C@H](COC(=O)CCC(=O)O)[C@@H](O)[C@H](O)[C@H]2O)C/C=C/C=C\C(=O)O1. The van der Waals surface area contributed by atoms with Gasteiger partial charge >= 0.3 is 17.9 Å². The van der Waals surface area contributed by atoms with Crippen molar-refractivity contribution >= 4 is 17.9 Å². The van der Waals surface area contributed by atoms with Crippen LogP contribution in [0.5, 0.6) is 0 Å². The molecule has 47 heavy (non-hydrogen) atoms. The van der Waals surface area contributed by atoms with E-state index in [0.717, 1.165) is 12.8 Å². The van der Waals surface area contributed by atoms with Crippen molar-refractivity contribution in [3.8, 4) is 0 Å². The number of cyclic esters (lactones) is 1. The topological polar surface area (TPSA) is 210 Å². The molecule has 2 rings (SSSR count). The molecule has 0 aromatic carbocycles. The van der Waals surface area contributed by atoms with E-state index in [4.69, 9.17) is 24.1 Å². The van der Waals surface area contributed by atoms with Crippen LogP contribution in [0, 0.1) is 0 Å². The summed E-state index contributed by atoms with van der Waals surface area (Å²) < 4.78 is 21.9. The fourth-order valence-electron chi connectivity index (χ4n) is 4.54. The molecule has 9 atom stereocenters. The highest BCUT2D eigenvalue weighted by molar-refractivity contribution is 5.82. The van der Waals surface area contributed by atoms with E-state index < -0.39 is 86.4 Å². The lowest BCUT2D eigenvalue weighted by Crippen LogP contribution is -2.59. The van der Waals surface area contributed by atoms with Crippen LogP contribution in [0.3, 0.4) is 0 Å². The molecule has 0 spiro atoms. The zero-order valence-corrected chi connectivity index (χ0v) is 26.5. The lowest BCUT2D eigenvalue weighted by atomic mass is 9.99. The molecule has 0 amide bonds. The van der Waals surface area contributed by atoms with Crippen molar-refractivity contribution in [2.45, 2.75) is 113 Å². The Morgan fingerprint density at radius 1 is 0.872 bits per heavy atom. The van der Waals surface area contributed by atoms with Crippen LogP contribution in [0.15, 0.2) is 72.9 Å². The van der Waals surface area contributed by atoms with E-state index >= 15 is 0 Å². The summed E-state index contributed by atoms with van der Waals surface area (Å²) in [6.45, 7) is 1.29. The second kappa shape index (κ2) is 22.2. The maximum Gasteiger partial charge on any atom is 0.331 e. The maximum atomic E-state index is 12.2. The molecule has 1 fully saturated rings. The van der Waals surface area contributed by atoms with Crippen LogP contribution < -0.4 is 0 Å². The number of hydrogen-bond donors (Lipinski definition) is 6. The Kier molecular flexibility index (Phi) is 18.8. The molecule has 13 heteroatoms. The first-order valence-corrected chi connectivity index (χ1v) is 15.7. The van der Waals surface area contributed by atoms with Crippen LogP contribution in [0.4, 0.5) is 0 Å². The molecule has 0 aromatic heterocycles. The Labute approximate surface area is 274 Å². The summed E-state index contributed by atoms with van der Waals surface area (Å²) in [5.41, 5.74) is 0. The number of aliphatic carboxylic acids is 1. The first-order valence-electron chi connectivity index (χ1n) is 15.7. The zero-order chi connectivity index (χ0) is 34.6. The number of aliphatic hydroxyl groups excluding tert-OH is 5. The normalized spacial score (nSPS) is 36.0. The van der Waals surface area contributed by atoms with E-state index in [2.05, 4.69) is 0 Å². The van der Waals surface area contributed by atoms with E-state index in [0.29, 0.717) is 6.42 Å². The second-order valence-electron chi connectivity index (χ2n) is 11.3. The Balaban J connectivity index is 2.14. The van der Waals surface area contributed by atoms with Gasteiger partial charge in [-0.05, 0) is 39.0 Å². The Morgan fingerprint density at radius 3 is 2.34 bits per heavy atom. The molecule has 0 radical (unpaired) electrons. The Hall–Kier alpha value is -3.43. The quantitative estimate of drug-likeness (QED) is 0.215. The molecule has 0 unspecified atom stereocenters. The lowest BCUT2D eigenvalue weighted by molar-refractivity contribution is -0.307. The smallest absolute Gasteiger partial charge is 0.331 e. The van der Waals surface area contributed by atoms with Gasteiger partial charge in [-0.1, -0.05) is 66.8 Å². The number of ether oxygens (including phenoxy) is 4. The van der Waals surface area contributed by atoms with E-state index in [-0.39, 0.29) is 25.4 Å². The zero-order valence-electron chi connectivity index (χ0n) is 26.5. The summed E-state index contributed by atoms with van der Waals surface area (Å²) >= 11 is 0. The first kappa shape index (κ1) is 39.7. The number of carbonyl (C=O) groups excluding carboxylic acids is 2. The van der Waals surface area contributed by atoms with Crippen molar-refractivity contribution in [1.82, 2.24) is 0 Å². The molecular formula is C34H48O13. The van der Waals surface area contributed by atoms with Crippen molar-refractivity contribution in [1.29, 1.82) is 0 Å². The fraction of sp³-hybridized carbons (Fsp3) is 0.559. The number of allylic oxidation sites excluding steroid dienone is 7. The molecular weight excluding hydrogens is 616 g/mol. The number of carbonyl (C=O) groups is 3. The van der Waals surface area contributed by atoms with Gasteiger partial charge in [-0.25, -0.2) is 4.79 Å². The summed E-state index contributed by atoms with van der Waals surface area (Å²) in [5, 5.41) is 60.5. The summed E-state index contributed by atoms with van der Waals surface area (Å²) in [6, 6.07) is 0. The number of hydrogen-bond acceptors (Lipinski definition) is 12. The minimum absolute atomic E-state index is 0.145. The number of aliphatic hydroxyl groups is 5. The standard InChI is InChI=1S/C34H48O13/c1-23-13-7-3-2-4-8-14-24(35)21-25(36)15-9-5-10-16-26(17-11-6-12-18-30(40)45-23)46-34-33(43)32(42)31(41)27(47-34)22-44-29(39)20-19-28(37)38/h2,4-6,8-12,14,16,18,23-27,31-36,41-43H,3,7,13,15,17,19-22H2,1H3,(H,37,38)/b4-2+,9-5-,11-6+,14-8+,16-10+,18-12-/t23-,24+,25+,26-,27-,31-,32+,33-,34-/m1/s1. The number of carboxylic acid groups (broad SMARTS) is 1. The number of esters is 2. The average Bonchev–Trinajstić information content (AvgIpc) is 3.01. The summed E-state index contributed by atoms with van der Waals surface area (Å²) in [5.74, 6) is -2.52. The third kappa shape index (κ3) is 16.8. The molecule has 6 N–H and O–H groups in total. The predicted molar refractivity (Wildman–Crippen MR) is 169 cm³/mol. The van der Waals surface area contributed by atoms with Crippen molar-refractivity contribution in [3.05, 3.63) is 72.9 Å². The molecule has 2 aliphatic rings. The second-order valence-corrected chi connectivity index (χ2v) is 11.3. The monoisotopic (exact) mass is 664 g/mol. The highest BCUT2D eigenvalue weighted by Crippen LogP contribution is 2.25. The highest BCUT2D eigenvalue weighted by atomic mass is 16.7. The minimum atomic E-state index is -1.70. The van der Waals surface area contributed by atoms with Crippen molar-refractivity contribution in [2.24, 2.45) is 0 Å². The van der Waals surface area contributed by atoms with Crippen molar-refractivity contribution in [2.75, 3.05) is 6.61 Å². The first-order chi connectivity index (χ1) is 22.5. The van der Waals surface area contributed by atoms with Crippen molar-refractivity contribution in [3.63, 3.8) is 0 Å². The molecule has 262 valence electrons. The van der Waals surface area contributed by atoms with Crippen LogP contribution in [0.25, 0.3) is 0 Å². The molecule has 0 aromatic rings. The van der Waals surface area contributed by atoms with E-state index in [9.17, 15) is 39.9 Å². The molecule has 2 aliphatic heterocycles. The van der Waals surface area contributed by atoms with Gasteiger partial charge in [0.05, 0.1) is 37.3 Å². The summed E-state index contributed by atoms with van der Waals surface area (Å²) in [7, 11) is 0. The van der Waals surface area contributed by atoms with Gasteiger partial charge in [-0.15, -0.1) is 0 Å². The molecule has 0 saturated carbocycles. The van der Waals surface area contributed by atoms with Gasteiger partial charge < -0.3 is 49.6 Å². The molecule has 2 heterocycles. The fourth-order valence-corrected chi connectivity index (χ4v) is 4.54. The third-order valence-electron chi connectivity index (χ3n) is 7.15. The summed E-state index contributed by atoms with van der Waals surface area (Å²) in [4.78, 5) is 34.7. The van der Waals surface area contributed by atoms with E-state index in [1.54, 1.807) is 48.6 Å². The highest BCUT2D eigenvalue weighted by Gasteiger charge is 2.45. The average molecular weight is 665 g/mol. The Morgan fingerprint density at radius 2 is 1.57 bits per heavy atom. The predicted octanol–water partition coefficient (Wildman–Crippen LogP) is 1.93. The van der Waals surface area contributed by atoms with Crippen LogP contribution in [0.2, 0.25) is 0 Å². The Bertz CT molecular complexity index is 1140. The van der Waals surface area contributed by atoms with Crippen LogP contribution in [-0.4, -0.2) is 110 Å². The molecule has 0 bridgehead atoms. The van der Waals surface area contributed by atoms with Gasteiger partial charge in [0, 0.05) is 12.5 Å². The molecule has 0 aliphatic carbocycles. The van der Waals surface area contributed by atoms with E-state index in [1.165, 1.54) is 12.2 Å². The summed E-state index contributed by atoms with van der Waals surface area (Å²) in [6.07, 6.45) is 11.5. The van der Waals surface area contributed by atoms with Crippen LogP contribution >= 0.6 is 0 Å².